The molecule has 0 saturated carbocycles. The Balaban J connectivity index is 1.86. The van der Waals surface area contributed by atoms with E-state index in [0.29, 0.717) is 16.3 Å². The Hall–Kier alpha value is -2.92. The molecule has 1 N–H and O–H groups in total. The molecule has 0 atom stereocenters. The van der Waals surface area contributed by atoms with Gasteiger partial charge in [-0.25, -0.2) is 9.48 Å². The van der Waals surface area contributed by atoms with Crippen LogP contribution in [0, 0.1) is 6.92 Å². The summed E-state index contributed by atoms with van der Waals surface area (Å²) in [5, 5.41) is 14.4. The standard InChI is InChI=1S/C24H23ClN2O3/c1-15-7-6-9-19(25)21(15)23(28)22-18-8-4-2-3-5-10-20(18)27(26-22)17-13-11-16(12-14-17)24(29)30/h6-7,9,11-14H,2-5,8,10H2,1H3,(H,29,30). The molecular formula is C24H23ClN2O3. The summed E-state index contributed by atoms with van der Waals surface area (Å²) < 4.78 is 1.81. The van der Waals surface area contributed by atoms with E-state index in [2.05, 4.69) is 0 Å². The number of hydrogen-bond acceptors (Lipinski definition) is 3. The minimum Gasteiger partial charge on any atom is -0.478 e. The van der Waals surface area contributed by atoms with Gasteiger partial charge in [0.15, 0.2) is 0 Å². The van der Waals surface area contributed by atoms with Gasteiger partial charge in [0, 0.05) is 16.8 Å². The van der Waals surface area contributed by atoms with Crippen molar-refractivity contribution in [2.75, 3.05) is 0 Å². The van der Waals surface area contributed by atoms with Gasteiger partial charge in [-0.2, -0.15) is 5.10 Å². The molecule has 30 heavy (non-hydrogen) atoms. The van der Waals surface area contributed by atoms with Crippen molar-refractivity contribution >= 4 is 23.4 Å². The maximum Gasteiger partial charge on any atom is 0.335 e. The Bertz CT molecular complexity index is 1100. The highest BCUT2D eigenvalue weighted by molar-refractivity contribution is 6.35. The van der Waals surface area contributed by atoms with Crippen molar-refractivity contribution in [2.45, 2.75) is 45.4 Å². The zero-order valence-electron chi connectivity index (χ0n) is 16.8. The predicted octanol–water partition coefficient (Wildman–Crippen LogP) is 5.42. The quantitative estimate of drug-likeness (QED) is 0.569. The summed E-state index contributed by atoms with van der Waals surface area (Å²) in [6.45, 7) is 1.88. The van der Waals surface area contributed by atoms with Crippen LogP contribution in [0.15, 0.2) is 42.5 Å². The number of nitrogens with zero attached hydrogens (tertiary/aromatic N) is 2. The third kappa shape index (κ3) is 3.77. The number of carbonyl (C=O) groups excluding carboxylic acids is 1. The van der Waals surface area contributed by atoms with Crippen LogP contribution in [0.5, 0.6) is 0 Å². The molecule has 1 aliphatic carbocycles. The highest BCUT2D eigenvalue weighted by Gasteiger charge is 2.27. The molecule has 2 aromatic carbocycles. The molecule has 6 heteroatoms. The number of aryl methyl sites for hydroxylation is 1. The molecule has 4 rings (SSSR count). The molecule has 0 fully saturated rings. The average Bonchev–Trinajstić information content (AvgIpc) is 3.05. The van der Waals surface area contributed by atoms with Crippen LogP contribution in [0.1, 0.15) is 68.9 Å². The Morgan fingerprint density at radius 2 is 1.70 bits per heavy atom. The van der Waals surface area contributed by atoms with Crippen LogP contribution in [-0.4, -0.2) is 26.6 Å². The number of rotatable bonds is 4. The lowest BCUT2D eigenvalue weighted by atomic mass is 9.93. The first-order chi connectivity index (χ1) is 14.5. The number of halogens is 1. The van der Waals surface area contributed by atoms with Gasteiger partial charge < -0.3 is 5.11 Å². The first-order valence-corrected chi connectivity index (χ1v) is 10.6. The third-order valence-electron chi connectivity index (χ3n) is 5.70. The lowest BCUT2D eigenvalue weighted by molar-refractivity contribution is 0.0696. The fourth-order valence-electron chi connectivity index (χ4n) is 4.13. The summed E-state index contributed by atoms with van der Waals surface area (Å²) in [4.78, 5) is 24.7. The van der Waals surface area contributed by atoms with E-state index >= 15 is 0 Å². The van der Waals surface area contributed by atoms with Crippen molar-refractivity contribution < 1.29 is 14.7 Å². The molecule has 0 unspecified atom stereocenters. The van der Waals surface area contributed by atoms with Gasteiger partial charge in [0.1, 0.15) is 5.69 Å². The van der Waals surface area contributed by atoms with Crippen LogP contribution in [0.4, 0.5) is 0 Å². The van der Waals surface area contributed by atoms with Gasteiger partial charge in [0.05, 0.1) is 16.3 Å². The van der Waals surface area contributed by atoms with Gasteiger partial charge in [0.2, 0.25) is 5.78 Å². The van der Waals surface area contributed by atoms with Crippen molar-refractivity contribution in [3.8, 4) is 5.69 Å². The van der Waals surface area contributed by atoms with E-state index in [0.717, 1.165) is 61.0 Å². The maximum atomic E-state index is 13.5. The topological polar surface area (TPSA) is 72.2 Å². The van der Waals surface area contributed by atoms with Crippen LogP contribution in [0.3, 0.4) is 0 Å². The predicted molar refractivity (Wildman–Crippen MR) is 116 cm³/mol. The number of benzene rings is 2. The van der Waals surface area contributed by atoms with Crippen LogP contribution < -0.4 is 0 Å². The number of aromatic nitrogens is 2. The van der Waals surface area contributed by atoms with E-state index in [1.807, 2.05) is 23.7 Å². The van der Waals surface area contributed by atoms with Crippen LogP contribution in [0.25, 0.3) is 5.69 Å². The molecule has 3 aromatic rings. The van der Waals surface area contributed by atoms with Crippen LogP contribution in [0.2, 0.25) is 5.02 Å². The molecule has 1 aliphatic rings. The van der Waals surface area contributed by atoms with Crippen molar-refractivity contribution in [1.82, 2.24) is 9.78 Å². The fraction of sp³-hybridized carbons (Fsp3) is 0.292. The SMILES string of the molecule is Cc1cccc(Cl)c1C(=O)c1nn(-c2ccc(C(=O)O)cc2)c2c1CCCCCC2. The average molecular weight is 423 g/mol. The monoisotopic (exact) mass is 422 g/mol. The van der Waals surface area contributed by atoms with Gasteiger partial charge in [-0.05, 0) is 68.5 Å². The molecule has 0 amide bonds. The van der Waals surface area contributed by atoms with Gasteiger partial charge in [0.25, 0.3) is 0 Å². The first kappa shape index (κ1) is 20.4. The molecule has 1 heterocycles. The number of fused-ring (bicyclic) bond motifs is 1. The summed E-state index contributed by atoms with van der Waals surface area (Å²) in [6, 6.07) is 12.1. The number of carboxylic acid groups (broad SMARTS) is 1. The molecule has 154 valence electrons. The number of ketones is 1. The van der Waals surface area contributed by atoms with E-state index in [1.165, 1.54) is 0 Å². The van der Waals surface area contributed by atoms with E-state index in [1.54, 1.807) is 30.3 Å². The van der Waals surface area contributed by atoms with E-state index in [-0.39, 0.29) is 11.3 Å². The van der Waals surface area contributed by atoms with Gasteiger partial charge in [-0.3, -0.25) is 4.79 Å². The number of aromatic carboxylic acids is 1. The minimum atomic E-state index is -0.970. The van der Waals surface area contributed by atoms with E-state index in [4.69, 9.17) is 16.7 Å². The summed E-state index contributed by atoms with van der Waals surface area (Å²) in [5.74, 6) is -1.13. The second-order valence-electron chi connectivity index (χ2n) is 7.71. The first-order valence-electron chi connectivity index (χ1n) is 10.2. The summed E-state index contributed by atoms with van der Waals surface area (Å²) in [7, 11) is 0. The van der Waals surface area contributed by atoms with Crippen molar-refractivity contribution in [3.05, 3.63) is 81.1 Å². The van der Waals surface area contributed by atoms with E-state index < -0.39 is 5.97 Å². The molecule has 1 aromatic heterocycles. The van der Waals surface area contributed by atoms with Gasteiger partial charge >= 0.3 is 5.97 Å². The highest BCUT2D eigenvalue weighted by atomic mass is 35.5. The molecule has 0 radical (unpaired) electrons. The van der Waals surface area contributed by atoms with Crippen molar-refractivity contribution in [1.29, 1.82) is 0 Å². The van der Waals surface area contributed by atoms with Gasteiger partial charge in [-0.1, -0.05) is 36.6 Å². The Labute approximate surface area is 180 Å². The summed E-state index contributed by atoms with van der Waals surface area (Å²) in [6.07, 6.45) is 5.96. The van der Waals surface area contributed by atoms with Crippen molar-refractivity contribution in [2.24, 2.45) is 0 Å². The van der Waals surface area contributed by atoms with E-state index in [9.17, 15) is 14.7 Å². The smallest absolute Gasteiger partial charge is 0.335 e. The molecule has 0 bridgehead atoms. The maximum absolute atomic E-state index is 13.5. The molecule has 0 spiro atoms. The molecule has 5 nitrogen and oxygen atoms in total. The highest BCUT2D eigenvalue weighted by Crippen LogP contribution is 2.30. The van der Waals surface area contributed by atoms with Crippen LogP contribution >= 0.6 is 11.6 Å². The Kier molecular flexibility index (Phi) is 5.73. The lowest BCUT2D eigenvalue weighted by Crippen LogP contribution is -2.09. The van der Waals surface area contributed by atoms with Crippen LogP contribution in [-0.2, 0) is 12.8 Å². The third-order valence-corrected chi connectivity index (χ3v) is 6.02. The summed E-state index contributed by atoms with van der Waals surface area (Å²) >= 11 is 6.38. The zero-order valence-corrected chi connectivity index (χ0v) is 17.6. The molecule has 0 saturated heterocycles. The number of hydrogen-bond donors (Lipinski definition) is 1. The largest absolute Gasteiger partial charge is 0.478 e. The molecule has 0 aliphatic heterocycles. The van der Waals surface area contributed by atoms with Gasteiger partial charge in [-0.15, -0.1) is 0 Å². The number of carboxylic acids is 1. The fourth-order valence-corrected chi connectivity index (χ4v) is 4.44. The Morgan fingerprint density at radius 3 is 2.37 bits per heavy atom. The second-order valence-corrected chi connectivity index (χ2v) is 8.12. The second kappa shape index (κ2) is 8.44. The normalized spacial score (nSPS) is 13.9. The lowest BCUT2D eigenvalue weighted by Gasteiger charge is -2.13. The Morgan fingerprint density at radius 1 is 1.00 bits per heavy atom. The zero-order chi connectivity index (χ0) is 21.3. The van der Waals surface area contributed by atoms with Crippen molar-refractivity contribution in [3.63, 3.8) is 0 Å². The molecular weight excluding hydrogens is 400 g/mol. The minimum absolute atomic E-state index is 0.157. The summed E-state index contributed by atoms with van der Waals surface area (Å²) in [5.41, 5.74) is 4.77. The number of carbonyl (C=O) groups is 2.